The fraction of sp³-hybridized carbons (Fsp3) is 0.364. The first kappa shape index (κ1) is 13.9. The van der Waals surface area contributed by atoms with Crippen LogP contribution in [0.5, 0.6) is 0 Å². The van der Waals surface area contributed by atoms with Gasteiger partial charge in [-0.25, -0.2) is 13.3 Å². The van der Waals surface area contributed by atoms with E-state index in [0.29, 0.717) is 10.8 Å². The predicted molar refractivity (Wildman–Crippen MR) is 68.7 cm³/mol. The number of nitrogens with zero attached hydrogens (tertiary/aromatic N) is 4. The van der Waals surface area contributed by atoms with Crippen LogP contribution < -0.4 is 0 Å². The van der Waals surface area contributed by atoms with Crippen LogP contribution in [-0.2, 0) is 0 Å². The maximum absolute atomic E-state index is 12.5. The van der Waals surface area contributed by atoms with Crippen molar-refractivity contribution in [2.24, 2.45) is 0 Å². The Labute approximate surface area is 116 Å². The van der Waals surface area contributed by atoms with Gasteiger partial charge in [0.15, 0.2) is 0 Å². The number of hydrogen-bond donors (Lipinski definition) is 0. The summed E-state index contributed by atoms with van der Waals surface area (Å²) in [5.41, 5.74) is 0.774. The topological polar surface area (TPSA) is 50.5 Å². The molecule has 0 atom stereocenters. The van der Waals surface area contributed by atoms with Crippen LogP contribution >= 0.6 is 15.9 Å². The van der Waals surface area contributed by atoms with Crippen molar-refractivity contribution in [1.82, 2.24) is 19.5 Å². The van der Waals surface area contributed by atoms with Crippen LogP contribution in [0.15, 0.2) is 24.8 Å². The third-order valence-corrected chi connectivity index (χ3v) is 2.91. The molecular formula is C11H11BrF2N4O. The van der Waals surface area contributed by atoms with E-state index in [2.05, 4.69) is 26.0 Å². The lowest BCUT2D eigenvalue weighted by atomic mass is 10.2. The summed E-state index contributed by atoms with van der Waals surface area (Å²) >= 11 is 3.15. The van der Waals surface area contributed by atoms with Gasteiger partial charge in [-0.3, -0.25) is 9.78 Å². The van der Waals surface area contributed by atoms with Crippen molar-refractivity contribution < 1.29 is 13.6 Å². The first-order valence-electron chi connectivity index (χ1n) is 5.54. The summed E-state index contributed by atoms with van der Waals surface area (Å²) in [4.78, 5) is 17.2. The summed E-state index contributed by atoms with van der Waals surface area (Å²) in [5.74, 6) is -0.470. The van der Waals surface area contributed by atoms with Crippen LogP contribution in [0.25, 0.3) is 5.52 Å². The molecule has 0 aliphatic heterocycles. The number of fused-ring (bicyclic) bond motifs is 1. The smallest absolute Gasteiger partial charge is 0.257 e. The summed E-state index contributed by atoms with van der Waals surface area (Å²) in [6.07, 6.45) is 3.40. The zero-order chi connectivity index (χ0) is 13.8. The van der Waals surface area contributed by atoms with Crippen molar-refractivity contribution in [1.29, 1.82) is 0 Å². The van der Waals surface area contributed by atoms with Crippen molar-refractivity contribution in [3.8, 4) is 0 Å². The van der Waals surface area contributed by atoms with Crippen LogP contribution in [0.2, 0.25) is 0 Å². The molecule has 0 aliphatic rings. The second-order valence-corrected chi connectivity index (χ2v) is 4.59. The van der Waals surface area contributed by atoms with Crippen LogP contribution in [0.3, 0.4) is 0 Å². The third kappa shape index (κ3) is 3.06. The van der Waals surface area contributed by atoms with E-state index in [0.717, 1.165) is 4.90 Å². The molecule has 0 aliphatic carbocycles. The number of carbonyl (C=O) groups excluding carboxylic acids is 1. The van der Waals surface area contributed by atoms with E-state index >= 15 is 0 Å². The van der Waals surface area contributed by atoms with Gasteiger partial charge in [-0.1, -0.05) is 15.9 Å². The lowest BCUT2D eigenvalue weighted by Gasteiger charge is -2.20. The molecule has 0 saturated carbocycles. The monoisotopic (exact) mass is 332 g/mol. The molecular weight excluding hydrogens is 322 g/mol. The van der Waals surface area contributed by atoms with E-state index in [9.17, 15) is 13.6 Å². The Morgan fingerprint density at radius 1 is 1.47 bits per heavy atom. The Hall–Kier alpha value is -1.57. The lowest BCUT2D eigenvalue weighted by Crippen LogP contribution is -2.36. The maximum atomic E-state index is 12.5. The van der Waals surface area contributed by atoms with E-state index in [1.54, 1.807) is 6.20 Å². The average molecular weight is 333 g/mol. The molecule has 2 aromatic heterocycles. The molecule has 0 bridgehead atoms. The maximum Gasteiger partial charge on any atom is 0.257 e. The van der Waals surface area contributed by atoms with Crippen molar-refractivity contribution in [3.63, 3.8) is 0 Å². The molecule has 19 heavy (non-hydrogen) atoms. The van der Waals surface area contributed by atoms with Gasteiger partial charge in [-0.05, 0) is 0 Å². The lowest BCUT2D eigenvalue weighted by molar-refractivity contribution is 0.0574. The van der Waals surface area contributed by atoms with Gasteiger partial charge in [0.05, 0.1) is 30.0 Å². The molecule has 0 unspecified atom stereocenters. The second kappa shape index (κ2) is 6.05. The van der Waals surface area contributed by atoms with E-state index in [1.807, 2.05) is 0 Å². The number of alkyl halides is 3. The van der Waals surface area contributed by atoms with Gasteiger partial charge in [-0.15, -0.1) is 0 Å². The molecule has 5 nitrogen and oxygen atoms in total. The fourth-order valence-electron chi connectivity index (χ4n) is 1.71. The molecule has 102 valence electrons. The van der Waals surface area contributed by atoms with E-state index in [1.165, 1.54) is 23.1 Å². The summed E-state index contributed by atoms with van der Waals surface area (Å²) in [5, 5.41) is 4.42. The Kier molecular flexibility index (Phi) is 4.41. The van der Waals surface area contributed by atoms with Crippen LogP contribution in [0, 0.1) is 0 Å². The van der Waals surface area contributed by atoms with Crippen molar-refractivity contribution >= 4 is 27.4 Å². The average Bonchev–Trinajstić information content (AvgIpc) is 2.80. The molecule has 2 heterocycles. The number of halogens is 3. The Balaban J connectivity index is 2.30. The molecule has 1 amide bonds. The number of rotatable bonds is 5. The largest absolute Gasteiger partial charge is 0.332 e. The summed E-state index contributed by atoms with van der Waals surface area (Å²) in [6.45, 7) is -0.386. The van der Waals surface area contributed by atoms with Crippen LogP contribution in [0.4, 0.5) is 8.78 Å². The highest BCUT2D eigenvalue weighted by atomic mass is 79.9. The molecule has 0 saturated heterocycles. The van der Waals surface area contributed by atoms with Gasteiger partial charge in [0.25, 0.3) is 12.3 Å². The number of hydrogen-bond acceptors (Lipinski definition) is 3. The normalized spacial score (nSPS) is 11.2. The third-order valence-electron chi connectivity index (χ3n) is 2.56. The second-order valence-electron chi connectivity index (χ2n) is 3.80. The summed E-state index contributed by atoms with van der Waals surface area (Å²) in [7, 11) is 0. The van der Waals surface area contributed by atoms with Gasteiger partial charge in [0, 0.05) is 24.3 Å². The van der Waals surface area contributed by atoms with Gasteiger partial charge < -0.3 is 4.90 Å². The molecule has 0 aromatic carbocycles. The number of carbonyl (C=O) groups is 1. The molecule has 0 radical (unpaired) electrons. The number of amides is 1. The minimum Gasteiger partial charge on any atom is -0.332 e. The Morgan fingerprint density at radius 3 is 2.95 bits per heavy atom. The quantitative estimate of drug-likeness (QED) is 0.785. The molecule has 0 fully saturated rings. The van der Waals surface area contributed by atoms with Gasteiger partial charge >= 0.3 is 0 Å². The minimum absolute atomic E-state index is 0.209. The molecule has 2 aromatic rings. The standard InChI is InChI=1S/C11H11BrF2N4O/c12-1-3-17(7-10(13)14)11(19)8-5-16-18-4-2-15-6-9(8)18/h2,4-6,10H,1,3,7H2. The molecule has 0 spiro atoms. The van der Waals surface area contributed by atoms with Crippen molar-refractivity contribution in [2.45, 2.75) is 6.43 Å². The molecule has 8 heteroatoms. The van der Waals surface area contributed by atoms with E-state index in [-0.39, 0.29) is 12.1 Å². The highest BCUT2D eigenvalue weighted by molar-refractivity contribution is 9.09. The Bertz CT molecular complexity index is 575. The van der Waals surface area contributed by atoms with Gasteiger partial charge in [-0.2, -0.15) is 5.10 Å². The predicted octanol–water partition coefficient (Wildman–Crippen LogP) is 1.83. The van der Waals surface area contributed by atoms with Crippen molar-refractivity contribution in [3.05, 3.63) is 30.4 Å². The van der Waals surface area contributed by atoms with Crippen molar-refractivity contribution in [2.75, 3.05) is 18.4 Å². The molecule has 2 rings (SSSR count). The zero-order valence-corrected chi connectivity index (χ0v) is 11.4. The van der Waals surface area contributed by atoms with Gasteiger partial charge in [0.1, 0.15) is 0 Å². The summed E-state index contributed by atoms with van der Waals surface area (Å²) < 4.78 is 26.4. The highest BCUT2D eigenvalue weighted by Gasteiger charge is 2.22. The van der Waals surface area contributed by atoms with Gasteiger partial charge in [0.2, 0.25) is 0 Å². The Morgan fingerprint density at radius 2 is 2.26 bits per heavy atom. The van der Waals surface area contributed by atoms with Crippen LogP contribution in [0.1, 0.15) is 10.4 Å². The van der Waals surface area contributed by atoms with E-state index in [4.69, 9.17) is 0 Å². The number of aromatic nitrogens is 3. The van der Waals surface area contributed by atoms with E-state index < -0.39 is 18.9 Å². The first-order chi connectivity index (χ1) is 9.13. The SMILES string of the molecule is O=C(c1cnn2ccncc12)N(CCBr)CC(F)F. The first-order valence-corrected chi connectivity index (χ1v) is 6.66. The fourth-order valence-corrected chi connectivity index (χ4v) is 2.14. The van der Waals surface area contributed by atoms with Crippen LogP contribution in [-0.4, -0.2) is 50.3 Å². The highest BCUT2D eigenvalue weighted by Crippen LogP contribution is 2.13. The molecule has 0 N–H and O–H groups in total. The zero-order valence-electron chi connectivity index (χ0n) is 9.84. The minimum atomic E-state index is -2.57. The summed E-state index contributed by atoms with van der Waals surface area (Å²) in [6, 6.07) is 0.